The molecule has 0 amide bonds. The van der Waals surface area contributed by atoms with E-state index in [-0.39, 0.29) is 0 Å². The van der Waals surface area contributed by atoms with Crippen LogP contribution in [0.25, 0.3) is 0 Å². The molecule has 0 saturated carbocycles. The lowest BCUT2D eigenvalue weighted by atomic mass is 10.1. The zero-order valence-electron chi connectivity index (χ0n) is 12.9. The SMILES string of the molecule is CNCc1cc(C(C)C)nc(N2CC(C)CC2C)c1. The molecule has 2 rings (SSSR count). The molecule has 0 radical (unpaired) electrons. The first kappa shape index (κ1) is 14.3. The van der Waals surface area contributed by atoms with Crippen molar-refractivity contribution in [1.82, 2.24) is 10.3 Å². The first-order valence-electron chi connectivity index (χ1n) is 7.43. The summed E-state index contributed by atoms with van der Waals surface area (Å²) in [6.07, 6.45) is 1.27. The minimum Gasteiger partial charge on any atom is -0.354 e. The molecule has 0 aliphatic carbocycles. The molecule has 2 atom stereocenters. The van der Waals surface area contributed by atoms with Gasteiger partial charge in [-0.05, 0) is 49.9 Å². The lowest BCUT2D eigenvalue weighted by Crippen LogP contribution is -2.28. The highest BCUT2D eigenvalue weighted by Gasteiger charge is 2.27. The van der Waals surface area contributed by atoms with Crippen molar-refractivity contribution in [2.24, 2.45) is 5.92 Å². The Balaban J connectivity index is 2.33. The first-order chi connectivity index (χ1) is 9.01. The molecule has 3 heteroatoms. The average molecular weight is 261 g/mol. The van der Waals surface area contributed by atoms with Gasteiger partial charge in [-0.25, -0.2) is 4.98 Å². The number of rotatable bonds is 4. The molecule has 0 spiro atoms. The van der Waals surface area contributed by atoms with E-state index in [2.05, 4.69) is 50.0 Å². The Morgan fingerprint density at radius 3 is 2.63 bits per heavy atom. The van der Waals surface area contributed by atoms with Crippen LogP contribution < -0.4 is 10.2 Å². The van der Waals surface area contributed by atoms with Crippen molar-refractivity contribution < 1.29 is 0 Å². The standard InChI is InChI=1S/C16H27N3/c1-11(2)15-7-14(9-17-5)8-16(18-15)19-10-12(3)6-13(19)4/h7-8,11-13,17H,6,9-10H2,1-5H3. The van der Waals surface area contributed by atoms with Crippen LogP contribution in [0.2, 0.25) is 0 Å². The zero-order valence-corrected chi connectivity index (χ0v) is 12.9. The van der Waals surface area contributed by atoms with Gasteiger partial charge in [-0.2, -0.15) is 0 Å². The summed E-state index contributed by atoms with van der Waals surface area (Å²) in [7, 11) is 2.00. The predicted octanol–water partition coefficient (Wildman–Crippen LogP) is 3.16. The normalized spacial score (nSPS) is 23.4. The van der Waals surface area contributed by atoms with Crippen molar-refractivity contribution in [3.05, 3.63) is 23.4 Å². The highest BCUT2D eigenvalue weighted by Crippen LogP contribution is 2.29. The Kier molecular flexibility index (Phi) is 4.46. The summed E-state index contributed by atoms with van der Waals surface area (Å²) in [6.45, 7) is 11.1. The van der Waals surface area contributed by atoms with Crippen LogP contribution in [0, 0.1) is 5.92 Å². The van der Waals surface area contributed by atoms with Gasteiger partial charge in [0.2, 0.25) is 0 Å². The van der Waals surface area contributed by atoms with Crippen LogP contribution in [0.15, 0.2) is 12.1 Å². The molecule has 3 nitrogen and oxygen atoms in total. The molecule has 1 saturated heterocycles. The monoisotopic (exact) mass is 261 g/mol. The molecule has 1 aromatic heterocycles. The largest absolute Gasteiger partial charge is 0.354 e. The predicted molar refractivity (Wildman–Crippen MR) is 81.7 cm³/mol. The van der Waals surface area contributed by atoms with Gasteiger partial charge in [0, 0.05) is 24.8 Å². The van der Waals surface area contributed by atoms with E-state index in [1.165, 1.54) is 17.7 Å². The zero-order chi connectivity index (χ0) is 14.0. The van der Waals surface area contributed by atoms with E-state index in [9.17, 15) is 0 Å². The fraction of sp³-hybridized carbons (Fsp3) is 0.688. The molecule has 1 N–H and O–H groups in total. The average Bonchev–Trinajstić information content (AvgIpc) is 2.68. The maximum Gasteiger partial charge on any atom is 0.129 e. The van der Waals surface area contributed by atoms with Crippen LogP contribution in [-0.2, 0) is 6.54 Å². The fourth-order valence-corrected chi connectivity index (χ4v) is 2.96. The Labute approximate surface area is 117 Å². The Morgan fingerprint density at radius 2 is 2.11 bits per heavy atom. The molecule has 1 aliphatic heterocycles. The molecule has 1 fully saturated rings. The van der Waals surface area contributed by atoms with Gasteiger partial charge in [0.15, 0.2) is 0 Å². The van der Waals surface area contributed by atoms with Gasteiger partial charge in [-0.3, -0.25) is 0 Å². The molecular weight excluding hydrogens is 234 g/mol. The maximum absolute atomic E-state index is 4.88. The number of pyridine rings is 1. The number of hydrogen-bond donors (Lipinski definition) is 1. The van der Waals surface area contributed by atoms with E-state index in [4.69, 9.17) is 4.98 Å². The van der Waals surface area contributed by atoms with E-state index in [0.717, 1.165) is 24.8 Å². The third-order valence-corrected chi connectivity index (χ3v) is 3.94. The van der Waals surface area contributed by atoms with Crippen LogP contribution in [0.1, 0.15) is 51.3 Å². The lowest BCUT2D eigenvalue weighted by molar-refractivity contribution is 0.625. The van der Waals surface area contributed by atoms with Crippen LogP contribution in [-0.4, -0.2) is 24.6 Å². The molecule has 2 heterocycles. The Hall–Kier alpha value is -1.09. The topological polar surface area (TPSA) is 28.2 Å². The summed E-state index contributed by atoms with van der Waals surface area (Å²) in [5.74, 6) is 2.41. The second kappa shape index (κ2) is 5.91. The van der Waals surface area contributed by atoms with Crippen LogP contribution >= 0.6 is 0 Å². The van der Waals surface area contributed by atoms with Crippen molar-refractivity contribution >= 4 is 5.82 Å². The number of anilines is 1. The molecule has 106 valence electrons. The van der Waals surface area contributed by atoms with Crippen molar-refractivity contribution in [2.75, 3.05) is 18.5 Å². The number of aromatic nitrogens is 1. The first-order valence-corrected chi connectivity index (χ1v) is 7.43. The van der Waals surface area contributed by atoms with E-state index < -0.39 is 0 Å². The Morgan fingerprint density at radius 1 is 1.37 bits per heavy atom. The number of hydrogen-bond acceptors (Lipinski definition) is 3. The third-order valence-electron chi connectivity index (χ3n) is 3.94. The van der Waals surface area contributed by atoms with Gasteiger partial charge < -0.3 is 10.2 Å². The molecule has 0 bridgehead atoms. The second-order valence-corrected chi connectivity index (χ2v) is 6.29. The second-order valence-electron chi connectivity index (χ2n) is 6.29. The van der Waals surface area contributed by atoms with Crippen molar-refractivity contribution in [3.8, 4) is 0 Å². The van der Waals surface area contributed by atoms with Crippen LogP contribution in [0.4, 0.5) is 5.82 Å². The fourth-order valence-electron chi connectivity index (χ4n) is 2.96. The molecular formula is C16H27N3. The summed E-state index contributed by atoms with van der Waals surface area (Å²) in [5.41, 5.74) is 2.54. The van der Waals surface area contributed by atoms with Gasteiger partial charge in [0.25, 0.3) is 0 Å². The summed E-state index contributed by atoms with van der Waals surface area (Å²) in [5, 5.41) is 3.24. The minimum absolute atomic E-state index is 0.478. The highest BCUT2D eigenvalue weighted by molar-refractivity contribution is 5.45. The molecule has 1 aliphatic rings. The third kappa shape index (κ3) is 3.27. The van der Waals surface area contributed by atoms with Crippen molar-refractivity contribution in [1.29, 1.82) is 0 Å². The van der Waals surface area contributed by atoms with Crippen molar-refractivity contribution in [3.63, 3.8) is 0 Å². The van der Waals surface area contributed by atoms with Gasteiger partial charge >= 0.3 is 0 Å². The molecule has 19 heavy (non-hydrogen) atoms. The molecule has 0 aromatic carbocycles. The number of nitrogens with one attached hydrogen (secondary N) is 1. The van der Waals surface area contributed by atoms with E-state index >= 15 is 0 Å². The van der Waals surface area contributed by atoms with Crippen LogP contribution in [0.3, 0.4) is 0 Å². The smallest absolute Gasteiger partial charge is 0.129 e. The molecule has 1 aromatic rings. The van der Waals surface area contributed by atoms with E-state index in [1.54, 1.807) is 0 Å². The quantitative estimate of drug-likeness (QED) is 0.902. The summed E-state index contributed by atoms with van der Waals surface area (Å²) >= 11 is 0. The minimum atomic E-state index is 0.478. The summed E-state index contributed by atoms with van der Waals surface area (Å²) in [6, 6.07) is 5.08. The van der Waals surface area contributed by atoms with Gasteiger partial charge in [-0.15, -0.1) is 0 Å². The van der Waals surface area contributed by atoms with Gasteiger partial charge in [-0.1, -0.05) is 20.8 Å². The Bertz CT molecular complexity index is 428. The van der Waals surface area contributed by atoms with Crippen molar-refractivity contribution in [2.45, 2.75) is 52.6 Å². The maximum atomic E-state index is 4.88. The number of nitrogens with zero attached hydrogens (tertiary/aromatic N) is 2. The van der Waals surface area contributed by atoms with Gasteiger partial charge in [0.1, 0.15) is 5.82 Å². The van der Waals surface area contributed by atoms with E-state index in [1.807, 2.05) is 7.05 Å². The van der Waals surface area contributed by atoms with Crippen LogP contribution in [0.5, 0.6) is 0 Å². The van der Waals surface area contributed by atoms with Gasteiger partial charge in [0.05, 0.1) is 0 Å². The molecule has 2 unspecified atom stereocenters. The van der Waals surface area contributed by atoms with E-state index in [0.29, 0.717) is 12.0 Å². The lowest BCUT2D eigenvalue weighted by Gasteiger charge is -2.24. The summed E-state index contributed by atoms with van der Waals surface area (Å²) < 4.78 is 0. The highest BCUT2D eigenvalue weighted by atomic mass is 15.2. The summed E-state index contributed by atoms with van der Waals surface area (Å²) in [4.78, 5) is 7.35.